The Kier molecular flexibility index (Phi) is 5.24. The van der Waals surface area contributed by atoms with E-state index in [1.54, 1.807) is 14.1 Å². The van der Waals surface area contributed by atoms with Gasteiger partial charge in [-0.05, 0) is 12.8 Å². The maximum absolute atomic E-state index is 11.9. The summed E-state index contributed by atoms with van der Waals surface area (Å²) in [5.41, 5.74) is 0. The first kappa shape index (κ1) is 14.3. The van der Waals surface area contributed by atoms with Gasteiger partial charge in [0, 0.05) is 14.1 Å². The molecule has 0 atom stereocenters. The van der Waals surface area contributed by atoms with Gasteiger partial charge >= 0.3 is 6.09 Å². The van der Waals surface area contributed by atoms with Crippen molar-refractivity contribution in [3.8, 4) is 0 Å². The lowest BCUT2D eigenvalue weighted by Gasteiger charge is -2.21. The van der Waals surface area contributed by atoms with Gasteiger partial charge in [-0.2, -0.15) is 0 Å². The summed E-state index contributed by atoms with van der Waals surface area (Å²) in [6.07, 6.45) is 4.11. The first-order valence-electron chi connectivity index (χ1n) is 5.99. The van der Waals surface area contributed by atoms with Crippen LogP contribution in [-0.2, 0) is 14.6 Å². The molecule has 0 radical (unpaired) electrons. The van der Waals surface area contributed by atoms with Gasteiger partial charge in [-0.3, -0.25) is 0 Å². The zero-order chi connectivity index (χ0) is 12.9. The summed E-state index contributed by atoms with van der Waals surface area (Å²) in [6, 6.07) is 0. The normalized spacial score (nSPS) is 17.8. The van der Waals surface area contributed by atoms with E-state index in [-0.39, 0.29) is 17.6 Å². The second kappa shape index (κ2) is 6.23. The molecule has 0 aromatic rings. The van der Waals surface area contributed by atoms with Gasteiger partial charge in [0.1, 0.15) is 6.61 Å². The lowest BCUT2D eigenvalue weighted by Crippen LogP contribution is -2.30. The van der Waals surface area contributed by atoms with E-state index in [9.17, 15) is 13.2 Å². The molecule has 1 saturated carbocycles. The minimum atomic E-state index is -3.10. The van der Waals surface area contributed by atoms with E-state index in [0.29, 0.717) is 0 Å². The lowest BCUT2D eigenvalue weighted by atomic mass is 10.0. The quantitative estimate of drug-likeness (QED) is 0.769. The molecule has 17 heavy (non-hydrogen) atoms. The van der Waals surface area contributed by atoms with Crippen LogP contribution >= 0.6 is 0 Å². The Morgan fingerprint density at radius 2 is 1.82 bits per heavy atom. The lowest BCUT2D eigenvalue weighted by molar-refractivity contribution is 0.124. The zero-order valence-corrected chi connectivity index (χ0v) is 11.3. The summed E-state index contributed by atoms with van der Waals surface area (Å²) in [4.78, 5) is 12.4. The Morgan fingerprint density at radius 3 is 2.35 bits per heavy atom. The largest absolute Gasteiger partial charge is 0.448 e. The van der Waals surface area contributed by atoms with E-state index in [4.69, 9.17) is 4.74 Å². The molecule has 0 aliphatic heterocycles. The van der Waals surface area contributed by atoms with E-state index < -0.39 is 15.9 Å². The smallest absolute Gasteiger partial charge is 0.409 e. The van der Waals surface area contributed by atoms with Gasteiger partial charge in [0.15, 0.2) is 9.84 Å². The molecule has 0 N–H and O–H groups in total. The fourth-order valence-electron chi connectivity index (χ4n) is 1.97. The molecule has 0 heterocycles. The molecular formula is C11H21NO4S. The summed E-state index contributed by atoms with van der Waals surface area (Å²) in [5, 5.41) is -0.227. The number of rotatable bonds is 4. The standard InChI is InChI=1S/C11H21NO4S/c1-12(2)11(13)16-8-9-17(14,15)10-6-4-3-5-7-10/h10H,3-9H2,1-2H3. The highest BCUT2D eigenvalue weighted by Gasteiger charge is 2.27. The number of hydrogen-bond donors (Lipinski definition) is 0. The second-order valence-electron chi connectivity index (χ2n) is 4.64. The third kappa shape index (κ3) is 4.53. The molecule has 0 bridgehead atoms. The minimum Gasteiger partial charge on any atom is -0.448 e. The highest BCUT2D eigenvalue weighted by Crippen LogP contribution is 2.24. The third-order valence-electron chi connectivity index (χ3n) is 3.02. The number of sulfone groups is 1. The maximum Gasteiger partial charge on any atom is 0.409 e. The van der Waals surface area contributed by atoms with Gasteiger partial charge in [0.05, 0.1) is 11.0 Å². The van der Waals surface area contributed by atoms with Crippen LogP contribution in [0, 0.1) is 0 Å². The van der Waals surface area contributed by atoms with Crippen LogP contribution in [0.3, 0.4) is 0 Å². The van der Waals surface area contributed by atoms with Crippen molar-refractivity contribution in [1.82, 2.24) is 4.90 Å². The van der Waals surface area contributed by atoms with E-state index in [2.05, 4.69) is 0 Å². The number of carbonyl (C=O) groups excluding carboxylic acids is 1. The van der Waals surface area contributed by atoms with Crippen molar-refractivity contribution in [1.29, 1.82) is 0 Å². The summed E-state index contributed by atoms with van der Waals surface area (Å²) < 4.78 is 28.7. The molecule has 0 unspecified atom stereocenters. The Balaban J connectivity index is 2.36. The first-order valence-corrected chi connectivity index (χ1v) is 7.70. The average molecular weight is 263 g/mol. The molecule has 0 spiro atoms. The predicted octanol–water partition coefficient (Wildman–Crippen LogP) is 1.43. The first-order chi connectivity index (χ1) is 7.93. The van der Waals surface area contributed by atoms with E-state index >= 15 is 0 Å². The maximum atomic E-state index is 11.9. The molecule has 1 fully saturated rings. The third-order valence-corrected chi connectivity index (χ3v) is 5.24. The number of nitrogens with zero attached hydrogens (tertiary/aromatic N) is 1. The summed E-state index contributed by atoms with van der Waals surface area (Å²) in [7, 11) is 0.0344. The average Bonchev–Trinajstić information content (AvgIpc) is 2.29. The summed E-state index contributed by atoms with van der Waals surface area (Å²) in [5.74, 6) is -0.0583. The molecule has 1 rings (SSSR count). The summed E-state index contributed by atoms with van der Waals surface area (Å²) >= 11 is 0. The zero-order valence-electron chi connectivity index (χ0n) is 10.5. The fraction of sp³-hybridized carbons (Fsp3) is 0.909. The van der Waals surface area contributed by atoms with Gasteiger partial charge in [-0.15, -0.1) is 0 Å². The SMILES string of the molecule is CN(C)C(=O)OCCS(=O)(=O)C1CCCCC1. The summed E-state index contributed by atoms with van der Waals surface area (Å²) in [6.45, 7) is -0.0458. The van der Waals surface area contributed by atoms with Crippen LogP contribution in [-0.4, -0.2) is 51.1 Å². The molecular weight excluding hydrogens is 242 g/mol. The van der Waals surface area contributed by atoms with Crippen LogP contribution in [0.1, 0.15) is 32.1 Å². The van der Waals surface area contributed by atoms with Crippen molar-refractivity contribution in [2.75, 3.05) is 26.5 Å². The van der Waals surface area contributed by atoms with E-state index in [1.807, 2.05) is 0 Å². The number of ether oxygens (including phenoxy) is 1. The topological polar surface area (TPSA) is 63.7 Å². The van der Waals surface area contributed by atoms with Crippen molar-refractivity contribution in [3.05, 3.63) is 0 Å². The van der Waals surface area contributed by atoms with Crippen molar-refractivity contribution < 1.29 is 17.9 Å². The number of hydrogen-bond acceptors (Lipinski definition) is 4. The molecule has 6 heteroatoms. The van der Waals surface area contributed by atoms with Crippen molar-refractivity contribution in [2.45, 2.75) is 37.4 Å². The van der Waals surface area contributed by atoms with Crippen LogP contribution in [0.5, 0.6) is 0 Å². The van der Waals surface area contributed by atoms with Crippen LogP contribution < -0.4 is 0 Å². The van der Waals surface area contributed by atoms with Crippen LogP contribution in [0.15, 0.2) is 0 Å². The van der Waals surface area contributed by atoms with Gasteiger partial charge in [-0.25, -0.2) is 13.2 Å². The Hall–Kier alpha value is -0.780. The van der Waals surface area contributed by atoms with Gasteiger partial charge in [0.2, 0.25) is 0 Å². The van der Waals surface area contributed by atoms with Crippen LogP contribution in [0.2, 0.25) is 0 Å². The second-order valence-corrected chi connectivity index (χ2v) is 7.04. The fourth-order valence-corrected chi connectivity index (χ4v) is 3.67. The monoisotopic (exact) mass is 263 g/mol. The van der Waals surface area contributed by atoms with Crippen molar-refractivity contribution in [3.63, 3.8) is 0 Å². The molecule has 1 aliphatic rings. The highest BCUT2D eigenvalue weighted by molar-refractivity contribution is 7.92. The Morgan fingerprint density at radius 1 is 1.24 bits per heavy atom. The number of amides is 1. The van der Waals surface area contributed by atoms with Crippen molar-refractivity contribution >= 4 is 15.9 Å². The van der Waals surface area contributed by atoms with Gasteiger partial charge in [-0.1, -0.05) is 19.3 Å². The Bertz CT molecular complexity index is 344. The molecule has 0 saturated heterocycles. The molecule has 5 nitrogen and oxygen atoms in total. The van der Waals surface area contributed by atoms with E-state index in [0.717, 1.165) is 32.1 Å². The van der Waals surface area contributed by atoms with Crippen LogP contribution in [0.4, 0.5) is 4.79 Å². The molecule has 1 aliphatic carbocycles. The van der Waals surface area contributed by atoms with Crippen LogP contribution in [0.25, 0.3) is 0 Å². The molecule has 100 valence electrons. The number of carbonyl (C=O) groups is 1. The Labute approximate surface area is 103 Å². The van der Waals surface area contributed by atoms with Crippen molar-refractivity contribution in [2.24, 2.45) is 0 Å². The van der Waals surface area contributed by atoms with Gasteiger partial charge in [0.25, 0.3) is 0 Å². The molecule has 1 amide bonds. The molecule has 0 aromatic carbocycles. The van der Waals surface area contributed by atoms with Gasteiger partial charge < -0.3 is 9.64 Å². The predicted molar refractivity (Wildman–Crippen MR) is 65.7 cm³/mol. The minimum absolute atomic E-state index is 0.0458. The van der Waals surface area contributed by atoms with E-state index in [1.165, 1.54) is 4.90 Å². The molecule has 0 aromatic heterocycles. The highest BCUT2D eigenvalue weighted by atomic mass is 32.2.